The van der Waals surface area contributed by atoms with Crippen LogP contribution in [0, 0.1) is 19.7 Å². The number of carbonyl (C=O) groups excluding carboxylic acids is 1. The Labute approximate surface area is 120 Å². The van der Waals surface area contributed by atoms with Gasteiger partial charge in [-0.2, -0.15) is 0 Å². The molecule has 5 heteroatoms. The molecule has 20 heavy (non-hydrogen) atoms. The average Bonchev–Trinajstić information content (AvgIpc) is 2.65. The Kier molecular flexibility index (Phi) is 4.49. The van der Waals surface area contributed by atoms with Gasteiger partial charge in [-0.05, 0) is 44.5 Å². The van der Waals surface area contributed by atoms with E-state index >= 15 is 0 Å². The molecular weight excluding hydrogens is 277 g/mol. The molecule has 1 heterocycles. The fourth-order valence-corrected chi connectivity index (χ4v) is 2.88. The Hall–Kier alpha value is -1.75. The zero-order valence-electron chi connectivity index (χ0n) is 11.5. The van der Waals surface area contributed by atoms with Gasteiger partial charge in [0.05, 0.1) is 0 Å². The molecule has 2 rings (SSSR count). The molecule has 0 fully saturated rings. The molecule has 0 unspecified atom stereocenters. The van der Waals surface area contributed by atoms with Crippen molar-refractivity contribution >= 4 is 17.1 Å². The van der Waals surface area contributed by atoms with Gasteiger partial charge in [0.25, 0.3) is 0 Å². The van der Waals surface area contributed by atoms with E-state index in [1.165, 1.54) is 35.6 Å². The number of thiazole rings is 1. The van der Waals surface area contributed by atoms with Gasteiger partial charge >= 0.3 is 4.87 Å². The van der Waals surface area contributed by atoms with Crippen LogP contribution in [0.25, 0.3) is 0 Å². The fourth-order valence-electron chi connectivity index (χ4n) is 2.02. The highest BCUT2D eigenvalue weighted by Gasteiger charge is 2.09. The van der Waals surface area contributed by atoms with E-state index in [0.717, 1.165) is 10.6 Å². The predicted octanol–water partition coefficient (Wildman–Crippen LogP) is 3.33. The van der Waals surface area contributed by atoms with E-state index < -0.39 is 0 Å². The molecule has 0 saturated heterocycles. The maximum absolute atomic E-state index is 12.8. The molecule has 2 aromatic rings. The number of Topliss-reactive ketones (excluding diaryl/α,β-unsaturated/α-hetero) is 1. The van der Waals surface area contributed by atoms with Crippen molar-refractivity contribution in [3.63, 3.8) is 0 Å². The lowest BCUT2D eigenvalue weighted by Crippen LogP contribution is -2.15. The van der Waals surface area contributed by atoms with Crippen LogP contribution in [-0.4, -0.2) is 10.4 Å². The van der Waals surface area contributed by atoms with Crippen LogP contribution >= 0.6 is 11.3 Å². The van der Waals surface area contributed by atoms with E-state index in [9.17, 15) is 14.0 Å². The van der Waals surface area contributed by atoms with Crippen molar-refractivity contribution in [3.8, 4) is 0 Å². The molecule has 0 amide bonds. The standard InChI is InChI=1S/C15H16FNO2S/c1-10-11(2)20-15(19)17(10)9-3-4-14(18)12-5-7-13(16)8-6-12/h5-8H,3-4,9H2,1-2H3. The molecule has 0 aliphatic rings. The van der Waals surface area contributed by atoms with Crippen molar-refractivity contribution in [1.29, 1.82) is 0 Å². The molecule has 0 N–H and O–H groups in total. The van der Waals surface area contributed by atoms with Crippen molar-refractivity contribution in [3.05, 3.63) is 55.9 Å². The molecule has 0 spiro atoms. The highest BCUT2D eigenvalue weighted by atomic mass is 32.1. The number of rotatable bonds is 5. The second kappa shape index (κ2) is 6.13. The Bertz CT molecular complexity index is 670. The molecule has 106 valence electrons. The lowest BCUT2D eigenvalue weighted by atomic mass is 10.1. The second-order valence-electron chi connectivity index (χ2n) is 4.69. The molecule has 1 aromatic heterocycles. The van der Waals surface area contributed by atoms with Crippen LogP contribution in [0.4, 0.5) is 4.39 Å². The number of halogens is 1. The van der Waals surface area contributed by atoms with E-state index in [1.54, 1.807) is 4.57 Å². The first kappa shape index (κ1) is 14.7. The monoisotopic (exact) mass is 293 g/mol. The summed E-state index contributed by atoms with van der Waals surface area (Å²) in [5.74, 6) is -0.375. The van der Waals surface area contributed by atoms with Gasteiger partial charge in [0.15, 0.2) is 5.78 Å². The van der Waals surface area contributed by atoms with Crippen molar-refractivity contribution in [2.45, 2.75) is 33.2 Å². The first-order valence-corrected chi connectivity index (χ1v) is 7.26. The van der Waals surface area contributed by atoms with Crippen molar-refractivity contribution in [2.24, 2.45) is 0 Å². The highest BCUT2D eigenvalue weighted by Crippen LogP contribution is 2.12. The van der Waals surface area contributed by atoms with Gasteiger partial charge < -0.3 is 4.57 Å². The minimum Gasteiger partial charge on any atom is -0.303 e. The van der Waals surface area contributed by atoms with Gasteiger partial charge in [-0.1, -0.05) is 11.3 Å². The summed E-state index contributed by atoms with van der Waals surface area (Å²) in [6.45, 7) is 4.37. The van der Waals surface area contributed by atoms with Crippen LogP contribution in [0.1, 0.15) is 33.8 Å². The van der Waals surface area contributed by atoms with Gasteiger partial charge in [0, 0.05) is 29.1 Å². The number of hydrogen-bond donors (Lipinski definition) is 0. The summed E-state index contributed by atoms with van der Waals surface area (Å²) < 4.78 is 14.5. The zero-order chi connectivity index (χ0) is 14.7. The minimum absolute atomic E-state index is 0.0224. The second-order valence-corrected chi connectivity index (χ2v) is 5.86. The maximum Gasteiger partial charge on any atom is 0.307 e. The SMILES string of the molecule is Cc1sc(=O)n(CCCC(=O)c2ccc(F)cc2)c1C. The summed E-state index contributed by atoms with van der Waals surface area (Å²) in [4.78, 5) is 24.6. The smallest absolute Gasteiger partial charge is 0.303 e. The van der Waals surface area contributed by atoms with Crippen LogP contribution in [0.2, 0.25) is 0 Å². The number of carbonyl (C=O) groups is 1. The largest absolute Gasteiger partial charge is 0.307 e. The number of aryl methyl sites for hydroxylation is 1. The highest BCUT2D eigenvalue weighted by molar-refractivity contribution is 7.09. The van der Waals surface area contributed by atoms with Crippen molar-refractivity contribution in [1.82, 2.24) is 4.57 Å². The number of benzene rings is 1. The summed E-state index contributed by atoms with van der Waals surface area (Å²) >= 11 is 1.23. The van der Waals surface area contributed by atoms with Crippen LogP contribution in [0.5, 0.6) is 0 Å². The van der Waals surface area contributed by atoms with Gasteiger partial charge in [-0.3, -0.25) is 9.59 Å². The topological polar surface area (TPSA) is 39.1 Å². The minimum atomic E-state index is -0.350. The summed E-state index contributed by atoms with van der Waals surface area (Å²) in [6, 6.07) is 5.54. The van der Waals surface area contributed by atoms with Crippen LogP contribution in [-0.2, 0) is 6.54 Å². The van der Waals surface area contributed by atoms with Crippen molar-refractivity contribution in [2.75, 3.05) is 0 Å². The summed E-state index contributed by atoms with van der Waals surface area (Å²) in [5.41, 5.74) is 1.48. The molecule has 0 bridgehead atoms. The fraction of sp³-hybridized carbons (Fsp3) is 0.333. The first-order chi connectivity index (χ1) is 9.49. The Morgan fingerprint density at radius 3 is 2.45 bits per heavy atom. The molecular formula is C15H16FNO2S. The summed E-state index contributed by atoms with van der Waals surface area (Å²) in [6.07, 6.45) is 0.958. The number of nitrogens with zero attached hydrogens (tertiary/aromatic N) is 1. The zero-order valence-corrected chi connectivity index (χ0v) is 12.3. The van der Waals surface area contributed by atoms with Crippen molar-refractivity contribution < 1.29 is 9.18 Å². The molecule has 1 aromatic carbocycles. The molecule has 3 nitrogen and oxygen atoms in total. The third-order valence-electron chi connectivity index (χ3n) is 3.33. The van der Waals surface area contributed by atoms with Crippen LogP contribution in [0.15, 0.2) is 29.1 Å². The van der Waals surface area contributed by atoms with E-state index in [4.69, 9.17) is 0 Å². The Balaban J connectivity index is 1.94. The molecule has 0 atom stereocenters. The van der Waals surface area contributed by atoms with E-state index in [0.29, 0.717) is 24.9 Å². The van der Waals surface area contributed by atoms with Crippen LogP contribution in [0.3, 0.4) is 0 Å². The first-order valence-electron chi connectivity index (χ1n) is 6.44. The quantitative estimate of drug-likeness (QED) is 0.793. The van der Waals surface area contributed by atoms with Gasteiger partial charge in [-0.15, -0.1) is 0 Å². The number of ketones is 1. The van der Waals surface area contributed by atoms with Gasteiger partial charge in [-0.25, -0.2) is 4.39 Å². The Morgan fingerprint density at radius 2 is 1.90 bits per heavy atom. The summed E-state index contributed by atoms with van der Waals surface area (Å²) in [7, 11) is 0. The number of aromatic nitrogens is 1. The normalized spacial score (nSPS) is 10.8. The molecule has 0 aliphatic heterocycles. The maximum atomic E-state index is 12.8. The number of hydrogen-bond acceptors (Lipinski definition) is 3. The molecule has 0 aliphatic carbocycles. The third kappa shape index (κ3) is 3.22. The predicted molar refractivity (Wildman–Crippen MR) is 78.0 cm³/mol. The lowest BCUT2D eigenvalue weighted by Gasteiger charge is -2.05. The third-order valence-corrected chi connectivity index (χ3v) is 4.32. The molecule has 0 radical (unpaired) electrons. The van der Waals surface area contributed by atoms with Gasteiger partial charge in [0.2, 0.25) is 0 Å². The molecule has 0 saturated carbocycles. The van der Waals surface area contributed by atoms with E-state index in [2.05, 4.69) is 0 Å². The van der Waals surface area contributed by atoms with Crippen LogP contribution < -0.4 is 4.87 Å². The Morgan fingerprint density at radius 1 is 1.25 bits per heavy atom. The lowest BCUT2D eigenvalue weighted by molar-refractivity contribution is 0.0978. The van der Waals surface area contributed by atoms with E-state index in [-0.39, 0.29) is 16.5 Å². The average molecular weight is 293 g/mol. The van der Waals surface area contributed by atoms with E-state index in [1.807, 2.05) is 13.8 Å². The van der Waals surface area contributed by atoms with Gasteiger partial charge in [0.1, 0.15) is 5.82 Å². The summed E-state index contributed by atoms with van der Waals surface area (Å²) in [5, 5.41) is 0.